The molecular formula is C17H24N4O2S. The fourth-order valence-corrected chi connectivity index (χ4v) is 3.59. The van der Waals surface area contributed by atoms with E-state index in [1.165, 1.54) is 0 Å². The summed E-state index contributed by atoms with van der Waals surface area (Å²) in [5, 5.41) is 9.08. The third-order valence-corrected chi connectivity index (χ3v) is 5.08. The summed E-state index contributed by atoms with van der Waals surface area (Å²) in [4.78, 5) is 18.1. The van der Waals surface area contributed by atoms with Crippen LogP contribution >= 0.6 is 11.3 Å². The summed E-state index contributed by atoms with van der Waals surface area (Å²) in [5.41, 5.74) is 1.44. The van der Waals surface area contributed by atoms with Gasteiger partial charge in [0.05, 0.1) is 28.4 Å². The molecule has 1 fully saturated rings. The smallest absolute Gasteiger partial charge is 0.257 e. The normalized spacial score (nSPS) is 17.5. The molecular weight excluding hydrogens is 324 g/mol. The minimum Gasteiger partial charge on any atom is -0.376 e. The summed E-state index contributed by atoms with van der Waals surface area (Å²) >= 11 is 1.60. The summed E-state index contributed by atoms with van der Waals surface area (Å²) in [6, 6.07) is 3.98. The summed E-state index contributed by atoms with van der Waals surface area (Å²) in [6.07, 6.45) is 3.88. The predicted molar refractivity (Wildman–Crippen MR) is 95.3 cm³/mol. The average Bonchev–Trinajstić information content (AvgIpc) is 3.32. The standard InChI is InChI=1S/C17H24N4O2S/c1-20(2)7-8-21(12-13-5-3-9-23-13)17(22)14-11-18-19-16(14)15-6-4-10-24-15/h4,6,10-11,13H,3,5,7-9,12H2,1-2H3,(H,18,19). The second kappa shape index (κ2) is 7.92. The van der Waals surface area contributed by atoms with E-state index in [9.17, 15) is 4.79 Å². The van der Waals surface area contributed by atoms with Crippen LogP contribution in [0.25, 0.3) is 10.6 Å². The number of aromatic amines is 1. The molecule has 0 aromatic carbocycles. The molecule has 3 rings (SSSR count). The first kappa shape index (κ1) is 17.1. The van der Waals surface area contributed by atoms with Crippen LogP contribution in [0.15, 0.2) is 23.7 Å². The number of nitrogens with one attached hydrogen (secondary N) is 1. The van der Waals surface area contributed by atoms with Crippen LogP contribution in [0.1, 0.15) is 23.2 Å². The number of carbonyl (C=O) groups excluding carboxylic acids is 1. The highest BCUT2D eigenvalue weighted by molar-refractivity contribution is 7.13. The molecule has 0 spiro atoms. The zero-order chi connectivity index (χ0) is 16.9. The second-order valence-electron chi connectivity index (χ2n) is 6.33. The average molecular weight is 348 g/mol. The highest BCUT2D eigenvalue weighted by Crippen LogP contribution is 2.27. The van der Waals surface area contributed by atoms with E-state index in [1.807, 2.05) is 36.5 Å². The number of likely N-dealkylation sites (N-methyl/N-ethyl adjacent to an activating group) is 1. The van der Waals surface area contributed by atoms with Crippen LogP contribution in [-0.2, 0) is 4.74 Å². The maximum absolute atomic E-state index is 13.1. The molecule has 1 atom stereocenters. The van der Waals surface area contributed by atoms with Crippen molar-refractivity contribution in [2.24, 2.45) is 0 Å². The molecule has 1 aliphatic rings. The van der Waals surface area contributed by atoms with Gasteiger partial charge >= 0.3 is 0 Å². The van der Waals surface area contributed by atoms with Gasteiger partial charge in [0.15, 0.2) is 0 Å². The fourth-order valence-electron chi connectivity index (χ4n) is 2.86. The Hall–Kier alpha value is -1.70. The molecule has 0 bridgehead atoms. The van der Waals surface area contributed by atoms with Gasteiger partial charge in [0.25, 0.3) is 5.91 Å². The molecule has 1 N–H and O–H groups in total. The number of nitrogens with zero attached hydrogens (tertiary/aromatic N) is 3. The molecule has 0 aliphatic carbocycles. The number of rotatable bonds is 7. The number of thiophene rings is 1. The highest BCUT2D eigenvalue weighted by atomic mass is 32.1. The topological polar surface area (TPSA) is 61.5 Å². The van der Waals surface area contributed by atoms with Crippen LogP contribution in [0.2, 0.25) is 0 Å². The lowest BCUT2D eigenvalue weighted by Gasteiger charge is -2.26. The zero-order valence-electron chi connectivity index (χ0n) is 14.2. The maximum Gasteiger partial charge on any atom is 0.257 e. The van der Waals surface area contributed by atoms with Crippen molar-refractivity contribution in [1.82, 2.24) is 20.0 Å². The summed E-state index contributed by atoms with van der Waals surface area (Å²) in [7, 11) is 4.04. The molecule has 2 aromatic rings. The molecule has 3 heterocycles. The number of H-pyrrole nitrogens is 1. The Morgan fingerprint density at radius 3 is 3.00 bits per heavy atom. The number of hydrogen-bond donors (Lipinski definition) is 1. The van der Waals surface area contributed by atoms with Gasteiger partial charge in [0, 0.05) is 26.2 Å². The van der Waals surface area contributed by atoms with Crippen molar-refractivity contribution in [2.75, 3.05) is 40.3 Å². The molecule has 0 saturated carbocycles. The van der Waals surface area contributed by atoms with E-state index in [0.29, 0.717) is 18.7 Å². The number of carbonyl (C=O) groups is 1. The van der Waals surface area contributed by atoms with Crippen molar-refractivity contribution in [3.8, 4) is 10.6 Å². The van der Waals surface area contributed by atoms with E-state index in [4.69, 9.17) is 4.74 Å². The SMILES string of the molecule is CN(C)CCN(CC1CCCO1)C(=O)c1cn[nH]c1-c1cccs1. The lowest BCUT2D eigenvalue weighted by molar-refractivity contribution is 0.0513. The highest BCUT2D eigenvalue weighted by Gasteiger charge is 2.26. The lowest BCUT2D eigenvalue weighted by atomic mass is 10.1. The molecule has 0 radical (unpaired) electrons. The first-order valence-corrected chi connectivity index (χ1v) is 9.16. The van der Waals surface area contributed by atoms with E-state index >= 15 is 0 Å². The van der Waals surface area contributed by atoms with Gasteiger partial charge in [-0.15, -0.1) is 11.3 Å². The van der Waals surface area contributed by atoms with Gasteiger partial charge in [-0.3, -0.25) is 9.89 Å². The predicted octanol–water partition coefficient (Wildman–Crippen LogP) is 2.32. The molecule has 1 amide bonds. The molecule has 7 heteroatoms. The molecule has 24 heavy (non-hydrogen) atoms. The first-order chi connectivity index (χ1) is 11.6. The van der Waals surface area contributed by atoms with Crippen LogP contribution in [0.3, 0.4) is 0 Å². The number of ether oxygens (including phenoxy) is 1. The Labute approximate surface area is 146 Å². The number of amides is 1. The molecule has 130 valence electrons. The Kier molecular flexibility index (Phi) is 5.65. The second-order valence-corrected chi connectivity index (χ2v) is 7.27. The van der Waals surface area contributed by atoms with Crippen molar-refractivity contribution in [3.05, 3.63) is 29.3 Å². The van der Waals surface area contributed by atoms with E-state index in [1.54, 1.807) is 17.5 Å². The maximum atomic E-state index is 13.1. The van der Waals surface area contributed by atoms with Gasteiger partial charge in [-0.25, -0.2) is 0 Å². The molecule has 2 aromatic heterocycles. The number of aromatic nitrogens is 2. The van der Waals surface area contributed by atoms with Gasteiger partial charge in [-0.05, 0) is 38.4 Å². The Balaban J connectivity index is 1.78. The van der Waals surface area contributed by atoms with Crippen LogP contribution in [0, 0.1) is 0 Å². The Morgan fingerprint density at radius 1 is 1.46 bits per heavy atom. The van der Waals surface area contributed by atoms with Gasteiger partial charge in [-0.2, -0.15) is 5.10 Å². The van der Waals surface area contributed by atoms with Crippen LogP contribution < -0.4 is 0 Å². The van der Waals surface area contributed by atoms with E-state index in [-0.39, 0.29) is 12.0 Å². The molecule has 1 aliphatic heterocycles. The van der Waals surface area contributed by atoms with Gasteiger partial charge in [0.2, 0.25) is 0 Å². The quantitative estimate of drug-likeness (QED) is 0.834. The Bertz CT molecular complexity index is 647. The lowest BCUT2D eigenvalue weighted by Crippen LogP contribution is -2.41. The summed E-state index contributed by atoms with van der Waals surface area (Å²) in [6.45, 7) is 2.94. The minimum atomic E-state index is 0.0181. The fraction of sp³-hybridized carbons (Fsp3) is 0.529. The monoisotopic (exact) mass is 348 g/mol. The van der Waals surface area contributed by atoms with Gasteiger partial charge in [0.1, 0.15) is 0 Å². The van der Waals surface area contributed by atoms with Crippen LogP contribution in [-0.4, -0.2) is 72.3 Å². The van der Waals surface area contributed by atoms with Gasteiger partial charge < -0.3 is 14.5 Å². The third-order valence-electron chi connectivity index (χ3n) is 4.19. The largest absolute Gasteiger partial charge is 0.376 e. The van der Waals surface area contributed by atoms with Crippen molar-refractivity contribution in [1.29, 1.82) is 0 Å². The minimum absolute atomic E-state index is 0.0181. The molecule has 1 unspecified atom stereocenters. The van der Waals surface area contributed by atoms with Crippen molar-refractivity contribution >= 4 is 17.2 Å². The van der Waals surface area contributed by atoms with E-state index in [2.05, 4.69) is 15.1 Å². The number of hydrogen-bond acceptors (Lipinski definition) is 5. The summed E-state index contributed by atoms with van der Waals surface area (Å²) in [5.74, 6) is 0.0181. The van der Waals surface area contributed by atoms with E-state index < -0.39 is 0 Å². The van der Waals surface area contributed by atoms with Crippen LogP contribution in [0.4, 0.5) is 0 Å². The van der Waals surface area contributed by atoms with Crippen molar-refractivity contribution in [3.63, 3.8) is 0 Å². The summed E-state index contributed by atoms with van der Waals surface area (Å²) < 4.78 is 5.73. The van der Waals surface area contributed by atoms with E-state index in [0.717, 1.165) is 36.6 Å². The van der Waals surface area contributed by atoms with Crippen molar-refractivity contribution < 1.29 is 9.53 Å². The van der Waals surface area contributed by atoms with Gasteiger partial charge in [-0.1, -0.05) is 6.07 Å². The molecule has 6 nitrogen and oxygen atoms in total. The zero-order valence-corrected chi connectivity index (χ0v) is 15.0. The molecule has 1 saturated heterocycles. The van der Waals surface area contributed by atoms with Crippen LogP contribution in [0.5, 0.6) is 0 Å². The third kappa shape index (κ3) is 4.03. The Morgan fingerprint density at radius 2 is 2.33 bits per heavy atom. The van der Waals surface area contributed by atoms with Crippen molar-refractivity contribution in [2.45, 2.75) is 18.9 Å². The first-order valence-electron chi connectivity index (χ1n) is 8.28.